The minimum absolute atomic E-state index is 0.0368. The van der Waals surface area contributed by atoms with Gasteiger partial charge in [-0.2, -0.15) is 0 Å². The van der Waals surface area contributed by atoms with Crippen LogP contribution in [0.1, 0.15) is 10.7 Å². The third-order valence-electron chi connectivity index (χ3n) is 2.02. The van der Waals surface area contributed by atoms with Crippen LogP contribution >= 0.6 is 11.3 Å². The minimum atomic E-state index is -1.20. The van der Waals surface area contributed by atoms with E-state index >= 15 is 0 Å². The van der Waals surface area contributed by atoms with E-state index in [1.54, 1.807) is 12.3 Å². The standard InChI is InChI=1S/C10H13N3O4S/c1-6-12-7(5-18-6)2-9(15)13(3-8(11)14)4-10(16)17/h5H,2-4H2,1H3,(H2,11,14)(H,16,17). The van der Waals surface area contributed by atoms with E-state index in [9.17, 15) is 14.4 Å². The summed E-state index contributed by atoms with van der Waals surface area (Å²) in [4.78, 5) is 38.2. The average Bonchev–Trinajstić information content (AvgIpc) is 2.61. The highest BCUT2D eigenvalue weighted by molar-refractivity contribution is 7.09. The Hall–Kier alpha value is -1.96. The fourth-order valence-electron chi connectivity index (χ4n) is 1.34. The normalized spacial score (nSPS) is 10.1. The Balaban J connectivity index is 2.69. The van der Waals surface area contributed by atoms with E-state index in [2.05, 4.69) is 4.98 Å². The number of nitrogens with two attached hydrogens (primary N) is 1. The van der Waals surface area contributed by atoms with Gasteiger partial charge in [-0.3, -0.25) is 14.4 Å². The smallest absolute Gasteiger partial charge is 0.323 e. The molecular weight excluding hydrogens is 258 g/mol. The molecule has 98 valence electrons. The topological polar surface area (TPSA) is 114 Å². The average molecular weight is 271 g/mol. The van der Waals surface area contributed by atoms with Crippen molar-refractivity contribution in [1.82, 2.24) is 9.88 Å². The van der Waals surface area contributed by atoms with Crippen LogP contribution in [0.2, 0.25) is 0 Å². The number of aliphatic carboxylic acids is 1. The number of carbonyl (C=O) groups excluding carboxylic acids is 2. The molecule has 0 bridgehead atoms. The van der Waals surface area contributed by atoms with E-state index in [1.165, 1.54) is 11.3 Å². The zero-order chi connectivity index (χ0) is 13.7. The van der Waals surface area contributed by atoms with E-state index in [1.807, 2.05) is 0 Å². The Kier molecular flexibility index (Phi) is 4.78. The van der Waals surface area contributed by atoms with Crippen LogP contribution in [0.3, 0.4) is 0 Å². The highest BCUT2D eigenvalue weighted by Crippen LogP contribution is 2.09. The van der Waals surface area contributed by atoms with Gasteiger partial charge in [0, 0.05) is 5.38 Å². The van der Waals surface area contributed by atoms with Crippen LogP contribution in [0.25, 0.3) is 0 Å². The molecule has 0 atom stereocenters. The molecule has 0 spiro atoms. The van der Waals surface area contributed by atoms with Crippen molar-refractivity contribution in [3.63, 3.8) is 0 Å². The molecule has 7 nitrogen and oxygen atoms in total. The van der Waals surface area contributed by atoms with Gasteiger partial charge in [-0.15, -0.1) is 11.3 Å². The van der Waals surface area contributed by atoms with Crippen LogP contribution in [0.15, 0.2) is 5.38 Å². The first-order chi connectivity index (χ1) is 8.38. The van der Waals surface area contributed by atoms with Gasteiger partial charge in [0.2, 0.25) is 11.8 Å². The molecule has 3 N–H and O–H groups in total. The van der Waals surface area contributed by atoms with Gasteiger partial charge < -0.3 is 15.7 Å². The fraction of sp³-hybridized carbons (Fsp3) is 0.400. The van der Waals surface area contributed by atoms with Crippen molar-refractivity contribution in [3.8, 4) is 0 Å². The number of rotatable bonds is 6. The maximum Gasteiger partial charge on any atom is 0.323 e. The third-order valence-corrected chi connectivity index (χ3v) is 2.85. The second kappa shape index (κ2) is 6.10. The summed E-state index contributed by atoms with van der Waals surface area (Å²) in [5.74, 6) is -2.43. The van der Waals surface area contributed by atoms with Gasteiger partial charge in [-0.1, -0.05) is 0 Å². The molecule has 1 aromatic heterocycles. The Morgan fingerprint density at radius 2 is 2.11 bits per heavy atom. The molecule has 0 saturated heterocycles. The van der Waals surface area contributed by atoms with Gasteiger partial charge in [-0.05, 0) is 6.92 Å². The number of aryl methyl sites for hydroxylation is 1. The quantitative estimate of drug-likeness (QED) is 0.716. The van der Waals surface area contributed by atoms with Gasteiger partial charge in [0.1, 0.15) is 6.54 Å². The van der Waals surface area contributed by atoms with Gasteiger partial charge in [-0.25, -0.2) is 4.98 Å². The maximum atomic E-state index is 11.8. The lowest BCUT2D eigenvalue weighted by molar-refractivity contribution is -0.145. The van der Waals surface area contributed by atoms with Crippen LogP contribution in [-0.2, 0) is 20.8 Å². The number of amides is 2. The summed E-state index contributed by atoms with van der Waals surface area (Å²) in [6.45, 7) is 0.843. The molecule has 2 amide bonds. The maximum absolute atomic E-state index is 11.8. The SMILES string of the molecule is Cc1nc(CC(=O)N(CC(N)=O)CC(=O)O)cs1. The summed E-state index contributed by atoms with van der Waals surface area (Å²) >= 11 is 1.40. The number of nitrogens with zero attached hydrogens (tertiary/aromatic N) is 2. The lowest BCUT2D eigenvalue weighted by Gasteiger charge is -2.18. The molecule has 0 radical (unpaired) electrons. The summed E-state index contributed by atoms with van der Waals surface area (Å²) in [5.41, 5.74) is 5.52. The second-order valence-electron chi connectivity index (χ2n) is 3.64. The zero-order valence-electron chi connectivity index (χ0n) is 9.75. The first-order valence-electron chi connectivity index (χ1n) is 5.07. The van der Waals surface area contributed by atoms with E-state index in [-0.39, 0.29) is 6.42 Å². The van der Waals surface area contributed by atoms with Gasteiger partial charge in [0.05, 0.1) is 23.7 Å². The van der Waals surface area contributed by atoms with Crippen molar-refractivity contribution in [2.75, 3.05) is 13.1 Å². The van der Waals surface area contributed by atoms with Crippen molar-refractivity contribution in [2.24, 2.45) is 5.73 Å². The third kappa shape index (κ3) is 4.50. The van der Waals surface area contributed by atoms with Crippen LogP contribution in [0.5, 0.6) is 0 Å². The molecule has 1 aromatic rings. The van der Waals surface area contributed by atoms with Gasteiger partial charge >= 0.3 is 5.97 Å². The number of thiazole rings is 1. The van der Waals surface area contributed by atoms with E-state index < -0.39 is 30.9 Å². The molecule has 1 heterocycles. The molecule has 0 fully saturated rings. The lowest BCUT2D eigenvalue weighted by Crippen LogP contribution is -2.42. The summed E-state index contributed by atoms with van der Waals surface area (Å²) < 4.78 is 0. The number of hydrogen-bond donors (Lipinski definition) is 2. The number of hydrogen-bond acceptors (Lipinski definition) is 5. The molecule has 1 rings (SSSR count). The molecule has 18 heavy (non-hydrogen) atoms. The number of aromatic nitrogens is 1. The first kappa shape index (κ1) is 14.1. The highest BCUT2D eigenvalue weighted by Gasteiger charge is 2.19. The molecular formula is C10H13N3O4S. The number of carboxylic acids is 1. The van der Waals surface area contributed by atoms with Crippen molar-refractivity contribution in [1.29, 1.82) is 0 Å². The predicted molar refractivity (Wildman–Crippen MR) is 64.0 cm³/mol. The van der Waals surface area contributed by atoms with E-state index in [0.717, 1.165) is 9.91 Å². The number of primary amides is 1. The van der Waals surface area contributed by atoms with E-state index in [0.29, 0.717) is 5.69 Å². The molecule has 8 heteroatoms. The summed E-state index contributed by atoms with van der Waals surface area (Å²) in [7, 11) is 0. The molecule has 0 aliphatic heterocycles. The highest BCUT2D eigenvalue weighted by atomic mass is 32.1. The summed E-state index contributed by atoms with van der Waals surface area (Å²) in [5, 5.41) is 11.2. The summed E-state index contributed by atoms with van der Waals surface area (Å²) in [6, 6.07) is 0. The van der Waals surface area contributed by atoms with Crippen LogP contribution in [0.4, 0.5) is 0 Å². The molecule has 0 unspecified atom stereocenters. The number of carboxylic acid groups (broad SMARTS) is 1. The Morgan fingerprint density at radius 1 is 1.44 bits per heavy atom. The zero-order valence-corrected chi connectivity index (χ0v) is 10.6. The van der Waals surface area contributed by atoms with Crippen LogP contribution in [0, 0.1) is 6.92 Å². The van der Waals surface area contributed by atoms with Gasteiger partial charge in [0.15, 0.2) is 0 Å². The predicted octanol–water partition coefficient (Wildman–Crippen LogP) is -0.607. The summed E-state index contributed by atoms with van der Waals surface area (Å²) in [6.07, 6.45) is -0.0368. The second-order valence-corrected chi connectivity index (χ2v) is 4.71. The Labute approximate surface area is 107 Å². The molecule has 0 aliphatic carbocycles. The first-order valence-corrected chi connectivity index (χ1v) is 5.95. The van der Waals surface area contributed by atoms with Crippen LogP contribution < -0.4 is 5.73 Å². The largest absolute Gasteiger partial charge is 0.480 e. The lowest BCUT2D eigenvalue weighted by atomic mass is 10.3. The Bertz CT molecular complexity index is 455. The van der Waals surface area contributed by atoms with Crippen molar-refractivity contribution in [2.45, 2.75) is 13.3 Å². The molecule has 0 aliphatic rings. The van der Waals surface area contributed by atoms with Crippen molar-refractivity contribution in [3.05, 3.63) is 16.1 Å². The van der Waals surface area contributed by atoms with Gasteiger partial charge in [0.25, 0.3) is 0 Å². The van der Waals surface area contributed by atoms with Crippen molar-refractivity contribution < 1.29 is 19.5 Å². The van der Waals surface area contributed by atoms with Crippen LogP contribution in [-0.4, -0.2) is 45.9 Å². The van der Waals surface area contributed by atoms with E-state index in [4.69, 9.17) is 10.8 Å². The molecule has 0 saturated carbocycles. The minimum Gasteiger partial charge on any atom is -0.480 e. The monoisotopic (exact) mass is 271 g/mol. The van der Waals surface area contributed by atoms with Crippen molar-refractivity contribution >= 4 is 29.1 Å². The molecule has 0 aromatic carbocycles. The fourth-order valence-corrected chi connectivity index (χ4v) is 1.95. The Morgan fingerprint density at radius 3 is 2.56 bits per heavy atom. The number of carbonyl (C=O) groups is 3.